The fourth-order valence-electron chi connectivity index (χ4n) is 2.66. The minimum Gasteiger partial charge on any atom is -0.375 e. The van der Waals surface area contributed by atoms with Gasteiger partial charge in [-0.15, -0.1) is 0 Å². The van der Waals surface area contributed by atoms with Gasteiger partial charge in [0.2, 0.25) is 5.91 Å². The molecule has 22 heavy (non-hydrogen) atoms. The van der Waals surface area contributed by atoms with Gasteiger partial charge < -0.3 is 9.64 Å². The Morgan fingerprint density at radius 2 is 2.05 bits per heavy atom. The Hall–Kier alpha value is -1.95. The number of non-ortho nitro benzene ring substituents is 1. The van der Waals surface area contributed by atoms with E-state index in [2.05, 4.69) is 6.92 Å². The van der Waals surface area contributed by atoms with Crippen LogP contribution in [0.2, 0.25) is 0 Å². The van der Waals surface area contributed by atoms with Crippen LogP contribution in [0.1, 0.15) is 38.2 Å². The third-order valence-corrected chi connectivity index (χ3v) is 3.99. The third-order valence-electron chi connectivity index (χ3n) is 3.99. The van der Waals surface area contributed by atoms with Gasteiger partial charge in [0, 0.05) is 32.1 Å². The fraction of sp³-hybridized carbons (Fsp3) is 0.562. The van der Waals surface area contributed by atoms with E-state index >= 15 is 0 Å². The first-order chi connectivity index (χ1) is 10.5. The first kappa shape index (κ1) is 16.4. The molecule has 6 heteroatoms. The van der Waals surface area contributed by atoms with Gasteiger partial charge in [0.25, 0.3) is 5.69 Å². The lowest BCUT2D eigenvalue weighted by Crippen LogP contribution is -2.27. The summed E-state index contributed by atoms with van der Waals surface area (Å²) >= 11 is 0. The quantitative estimate of drug-likeness (QED) is 0.598. The van der Waals surface area contributed by atoms with Crippen LogP contribution >= 0.6 is 0 Å². The second-order valence-electron chi connectivity index (χ2n) is 5.86. The van der Waals surface area contributed by atoms with Gasteiger partial charge in [-0.25, -0.2) is 0 Å². The standard InChI is InChI=1S/C16H22N2O4/c1-12-3-8-15(22-12)9-10-16(19)17(2)11-13-4-6-14(7-5-13)18(20)21/h4-7,12,15H,3,8-11H2,1-2H3/t12-,15-/m1/s1. The van der Waals surface area contributed by atoms with E-state index in [1.165, 1.54) is 12.1 Å². The van der Waals surface area contributed by atoms with Crippen LogP contribution in [0.25, 0.3) is 0 Å². The van der Waals surface area contributed by atoms with Gasteiger partial charge in [-0.1, -0.05) is 12.1 Å². The highest BCUT2D eigenvalue weighted by Crippen LogP contribution is 2.23. The zero-order valence-electron chi connectivity index (χ0n) is 13.0. The summed E-state index contributed by atoms with van der Waals surface area (Å²) in [5.41, 5.74) is 0.942. The average Bonchev–Trinajstić information content (AvgIpc) is 2.91. The molecule has 0 N–H and O–H groups in total. The van der Waals surface area contributed by atoms with E-state index in [-0.39, 0.29) is 17.7 Å². The summed E-state index contributed by atoms with van der Waals surface area (Å²) in [5.74, 6) is 0.0708. The van der Waals surface area contributed by atoms with Gasteiger partial charge in [-0.3, -0.25) is 14.9 Å². The lowest BCUT2D eigenvalue weighted by Gasteiger charge is -2.18. The maximum atomic E-state index is 12.1. The molecule has 1 saturated heterocycles. The van der Waals surface area contributed by atoms with E-state index in [0.717, 1.165) is 24.8 Å². The van der Waals surface area contributed by atoms with Gasteiger partial charge in [-0.2, -0.15) is 0 Å². The predicted molar refractivity (Wildman–Crippen MR) is 82.4 cm³/mol. The van der Waals surface area contributed by atoms with E-state index in [9.17, 15) is 14.9 Å². The SMILES string of the molecule is C[C@@H]1CC[C@H](CCC(=O)N(C)Cc2ccc([N+](=O)[O-])cc2)O1. The number of nitro groups is 1. The zero-order valence-corrected chi connectivity index (χ0v) is 13.0. The molecule has 0 saturated carbocycles. The second kappa shape index (κ2) is 7.35. The number of nitrogens with zero attached hydrogens (tertiary/aromatic N) is 2. The highest BCUT2D eigenvalue weighted by Gasteiger charge is 2.22. The van der Waals surface area contributed by atoms with Gasteiger partial charge >= 0.3 is 0 Å². The molecule has 0 aromatic heterocycles. The zero-order chi connectivity index (χ0) is 16.1. The molecule has 1 amide bonds. The molecule has 1 aliphatic rings. The molecule has 0 unspecified atom stereocenters. The molecule has 0 radical (unpaired) electrons. The number of amides is 1. The summed E-state index contributed by atoms with van der Waals surface area (Å²) < 4.78 is 5.71. The molecule has 120 valence electrons. The van der Waals surface area contributed by atoms with Crippen LogP contribution in [0.3, 0.4) is 0 Å². The van der Waals surface area contributed by atoms with Gasteiger partial charge in [0.15, 0.2) is 0 Å². The number of carbonyl (C=O) groups excluding carboxylic acids is 1. The molecule has 6 nitrogen and oxygen atoms in total. The molecule has 0 spiro atoms. The number of carbonyl (C=O) groups is 1. The summed E-state index contributed by atoms with van der Waals surface area (Å²) in [5, 5.41) is 10.6. The van der Waals surface area contributed by atoms with Crippen LogP contribution < -0.4 is 0 Å². The maximum absolute atomic E-state index is 12.1. The third kappa shape index (κ3) is 4.53. The number of benzene rings is 1. The topological polar surface area (TPSA) is 72.7 Å². The van der Waals surface area contributed by atoms with Crippen molar-refractivity contribution in [2.45, 2.75) is 51.4 Å². The molecule has 2 atom stereocenters. The number of nitro benzene ring substituents is 1. The summed E-state index contributed by atoms with van der Waals surface area (Å²) in [6.45, 7) is 2.52. The maximum Gasteiger partial charge on any atom is 0.269 e. The number of hydrogen-bond acceptors (Lipinski definition) is 4. The van der Waals surface area contributed by atoms with Crippen LogP contribution in [0, 0.1) is 10.1 Å². The highest BCUT2D eigenvalue weighted by atomic mass is 16.6. The molecule has 0 aliphatic carbocycles. The Morgan fingerprint density at radius 3 is 2.59 bits per heavy atom. The molecule has 1 aromatic carbocycles. The van der Waals surface area contributed by atoms with Crippen LogP contribution in [0.15, 0.2) is 24.3 Å². The highest BCUT2D eigenvalue weighted by molar-refractivity contribution is 5.75. The molecule has 1 fully saturated rings. The van der Waals surface area contributed by atoms with Crippen LogP contribution in [0.5, 0.6) is 0 Å². The second-order valence-corrected chi connectivity index (χ2v) is 5.86. The van der Waals surface area contributed by atoms with Crippen molar-refractivity contribution in [3.8, 4) is 0 Å². The summed E-state index contributed by atoms with van der Waals surface area (Å²) in [6, 6.07) is 6.29. The average molecular weight is 306 g/mol. The van der Waals surface area contributed by atoms with Crippen molar-refractivity contribution < 1.29 is 14.5 Å². The fourth-order valence-corrected chi connectivity index (χ4v) is 2.66. The number of ether oxygens (including phenoxy) is 1. The van der Waals surface area contributed by atoms with Gasteiger partial charge in [0.1, 0.15) is 0 Å². The van der Waals surface area contributed by atoms with E-state index in [4.69, 9.17) is 4.74 Å². The van der Waals surface area contributed by atoms with Crippen molar-refractivity contribution in [3.63, 3.8) is 0 Å². The minimum absolute atomic E-state index is 0.0604. The number of rotatable bonds is 6. The molecule has 1 aliphatic heterocycles. The van der Waals surface area contributed by atoms with E-state index in [0.29, 0.717) is 19.1 Å². The van der Waals surface area contributed by atoms with E-state index in [1.54, 1.807) is 24.1 Å². The first-order valence-corrected chi connectivity index (χ1v) is 7.58. The van der Waals surface area contributed by atoms with Crippen molar-refractivity contribution in [1.29, 1.82) is 0 Å². The molecular formula is C16H22N2O4. The first-order valence-electron chi connectivity index (χ1n) is 7.58. The van der Waals surface area contributed by atoms with E-state index in [1.807, 2.05) is 0 Å². The van der Waals surface area contributed by atoms with Crippen LogP contribution in [0.4, 0.5) is 5.69 Å². The molecule has 1 aromatic rings. The summed E-state index contributed by atoms with van der Waals surface area (Å²) in [7, 11) is 1.75. The van der Waals surface area contributed by atoms with Crippen molar-refractivity contribution in [3.05, 3.63) is 39.9 Å². The summed E-state index contributed by atoms with van der Waals surface area (Å²) in [4.78, 5) is 24.0. The Bertz CT molecular complexity index is 529. The van der Waals surface area contributed by atoms with Crippen LogP contribution in [-0.2, 0) is 16.1 Å². The van der Waals surface area contributed by atoms with Crippen LogP contribution in [-0.4, -0.2) is 35.0 Å². The van der Waals surface area contributed by atoms with Crippen molar-refractivity contribution >= 4 is 11.6 Å². The van der Waals surface area contributed by atoms with Gasteiger partial charge in [0.05, 0.1) is 17.1 Å². The van der Waals surface area contributed by atoms with Crippen molar-refractivity contribution in [2.75, 3.05) is 7.05 Å². The predicted octanol–water partition coefficient (Wildman–Crippen LogP) is 2.90. The van der Waals surface area contributed by atoms with E-state index < -0.39 is 4.92 Å². The van der Waals surface area contributed by atoms with Crippen molar-refractivity contribution in [2.24, 2.45) is 0 Å². The minimum atomic E-state index is -0.429. The normalized spacial score (nSPS) is 20.8. The largest absolute Gasteiger partial charge is 0.375 e. The lowest BCUT2D eigenvalue weighted by molar-refractivity contribution is -0.384. The molecule has 0 bridgehead atoms. The Kier molecular flexibility index (Phi) is 5.49. The lowest BCUT2D eigenvalue weighted by atomic mass is 10.1. The van der Waals surface area contributed by atoms with Gasteiger partial charge in [-0.05, 0) is 31.7 Å². The Labute approximate surface area is 130 Å². The Balaban J connectivity index is 1.79. The molecule has 1 heterocycles. The molecular weight excluding hydrogens is 284 g/mol. The Morgan fingerprint density at radius 1 is 1.36 bits per heavy atom. The monoisotopic (exact) mass is 306 g/mol. The summed E-state index contributed by atoms with van der Waals surface area (Å²) in [6.07, 6.45) is 3.83. The smallest absolute Gasteiger partial charge is 0.269 e. The number of hydrogen-bond donors (Lipinski definition) is 0. The molecule has 2 rings (SSSR count). The van der Waals surface area contributed by atoms with Crippen molar-refractivity contribution in [1.82, 2.24) is 4.90 Å².